The summed E-state index contributed by atoms with van der Waals surface area (Å²) < 4.78 is 17.7. The molecule has 35 heavy (non-hydrogen) atoms. The molecule has 1 aromatic heterocycles. The van der Waals surface area contributed by atoms with Crippen molar-refractivity contribution >= 4 is 38.3 Å². The lowest BCUT2D eigenvalue weighted by molar-refractivity contribution is 0.0999. The van der Waals surface area contributed by atoms with Crippen LogP contribution in [0.25, 0.3) is 10.2 Å². The molecule has 7 heteroatoms. The lowest BCUT2D eigenvalue weighted by atomic mass is 10.1. The third-order valence-electron chi connectivity index (χ3n) is 5.38. The maximum atomic E-state index is 13.8. The number of ether oxygens (including phenoxy) is 3. The van der Waals surface area contributed by atoms with Gasteiger partial charge in [-0.3, -0.25) is 9.69 Å². The Balaban J connectivity index is 1.54. The van der Waals surface area contributed by atoms with Gasteiger partial charge in [0, 0.05) is 5.56 Å². The van der Waals surface area contributed by atoms with Gasteiger partial charge in [-0.15, -0.1) is 0 Å². The summed E-state index contributed by atoms with van der Waals surface area (Å²) in [6, 6.07) is 29.9. The van der Waals surface area contributed by atoms with Gasteiger partial charge in [-0.05, 0) is 66.7 Å². The van der Waals surface area contributed by atoms with Crippen molar-refractivity contribution in [3.8, 4) is 23.0 Å². The SMILES string of the molecule is COc1ccc(C(=O)N(c2ccc(Oc3ccccc3)cc2)c2nc3ccccc3s2)cc1OC. The molecule has 0 atom stereocenters. The molecule has 0 spiro atoms. The van der Waals surface area contributed by atoms with Crippen LogP contribution in [0.2, 0.25) is 0 Å². The second kappa shape index (κ2) is 9.87. The number of thiazole rings is 1. The molecule has 6 nitrogen and oxygen atoms in total. The van der Waals surface area contributed by atoms with E-state index in [-0.39, 0.29) is 5.91 Å². The van der Waals surface area contributed by atoms with E-state index in [0.29, 0.717) is 33.6 Å². The van der Waals surface area contributed by atoms with Crippen molar-refractivity contribution in [1.29, 1.82) is 0 Å². The second-order valence-electron chi connectivity index (χ2n) is 7.58. The van der Waals surface area contributed by atoms with Crippen LogP contribution in [-0.4, -0.2) is 25.1 Å². The number of aromatic nitrogens is 1. The Labute approximate surface area is 207 Å². The number of anilines is 2. The van der Waals surface area contributed by atoms with Crippen LogP contribution in [-0.2, 0) is 0 Å². The van der Waals surface area contributed by atoms with Gasteiger partial charge in [0.05, 0.1) is 30.1 Å². The summed E-state index contributed by atoms with van der Waals surface area (Å²) in [5.74, 6) is 2.21. The van der Waals surface area contributed by atoms with E-state index in [1.54, 1.807) is 37.3 Å². The summed E-state index contributed by atoms with van der Waals surface area (Å²) >= 11 is 1.45. The molecule has 0 unspecified atom stereocenters. The molecule has 0 fully saturated rings. The molecule has 0 bridgehead atoms. The first kappa shape index (κ1) is 22.4. The van der Waals surface area contributed by atoms with Gasteiger partial charge in [-0.25, -0.2) is 4.98 Å². The third kappa shape index (κ3) is 4.67. The first-order valence-electron chi connectivity index (χ1n) is 10.9. The number of amides is 1. The smallest absolute Gasteiger partial charge is 0.264 e. The minimum atomic E-state index is -0.235. The lowest BCUT2D eigenvalue weighted by Gasteiger charge is -2.21. The van der Waals surface area contributed by atoms with E-state index < -0.39 is 0 Å². The Morgan fingerprint density at radius 2 is 1.46 bits per heavy atom. The number of para-hydroxylation sites is 2. The standard InChI is InChI=1S/C28H22N2O4S/c1-32-24-17-12-19(18-25(24)33-2)27(31)30(28-29-23-10-6-7-11-26(23)35-28)20-13-15-22(16-14-20)34-21-8-4-3-5-9-21/h3-18H,1-2H3. The Morgan fingerprint density at radius 3 is 2.17 bits per heavy atom. The van der Waals surface area contributed by atoms with Crippen molar-refractivity contribution in [2.24, 2.45) is 0 Å². The molecule has 0 radical (unpaired) electrons. The zero-order valence-corrected chi connectivity index (χ0v) is 20.0. The number of carbonyl (C=O) groups is 1. The normalized spacial score (nSPS) is 10.7. The van der Waals surface area contributed by atoms with E-state index in [0.717, 1.165) is 16.0 Å². The number of benzene rings is 4. The highest BCUT2D eigenvalue weighted by Crippen LogP contribution is 2.37. The third-order valence-corrected chi connectivity index (χ3v) is 6.40. The molecule has 0 aliphatic heterocycles. The fourth-order valence-electron chi connectivity index (χ4n) is 3.66. The number of hydrogen-bond acceptors (Lipinski definition) is 6. The zero-order valence-electron chi connectivity index (χ0n) is 19.2. The zero-order chi connectivity index (χ0) is 24.2. The molecule has 0 saturated heterocycles. The minimum Gasteiger partial charge on any atom is -0.493 e. The maximum Gasteiger partial charge on any atom is 0.264 e. The molecule has 1 heterocycles. The average Bonchev–Trinajstić information content (AvgIpc) is 3.33. The molecular formula is C28H22N2O4S. The van der Waals surface area contributed by atoms with Gasteiger partial charge in [0.2, 0.25) is 0 Å². The molecule has 174 valence electrons. The van der Waals surface area contributed by atoms with E-state index in [1.165, 1.54) is 11.3 Å². The summed E-state index contributed by atoms with van der Waals surface area (Å²) in [6.45, 7) is 0. The van der Waals surface area contributed by atoms with Gasteiger partial charge in [0.25, 0.3) is 5.91 Å². The van der Waals surface area contributed by atoms with Gasteiger partial charge in [0.15, 0.2) is 16.6 Å². The van der Waals surface area contributed by atoms with E-state index in [4.69, 9.17) is 19.2 Å². The first-order chi connectivity index (χ1) is 17.2. The van der Waals surface area contributed by atoms with Crippen molar-refractivity contribution in [3.63, 3.8) is 0 Å². The number of methoxy groups -OCH3 is 2. The molecule has 5 rings (SSSR count). The fourth-order valence-corrected chi connectivity index (χ4v) is 4.64. The number of carbonyl (C=O) groups excluding carboxylic acids is 1. The second-order valence-corrected chi connectivity index (χ2v) is 8.59. The van der Waals surface area contributed by atoms with E-state index in [9.17, 15) is 4.79 Å². The van der Waals surface area contributed by atoms with Crippen LogP contribution in [0.4, 0.5) is 10.8 Å². The van der Waals surface area contributed by atoms with Gasteiger partial charge in [-0.1, -0.05) is 41.7 Å². The summed E-state index contributed by atoms with van der Waals surface area (Å²) in [5.41, 5.74) is 1.96. The minimum absolute atomic E-state index is 0.235. The van der Waals surface area contributed by atoms with E-state index in [1.807, 2.05) is 78.9 Å². The van der Waals surface area contributed by atoms with Crippen LogP contribution >= 0.6 is 11.3 Å². The van der Waals surface area contributed by atoms with Crippen LogP contribution in [0.3, 0.4) is 0 Å². The summed E-state index contributed by atoms with van der Waals surface area (Å²) in [7, 11) is 3.11. The summed E-state index contributed by atoms with van der Waals surface area (Å²) in [5, 5.41) is 0.572. The van der Waals surface area contributed by atoms with Crippen molar-refractivity contribution in [1.82, 2.24) is 4.98 Å². The van der Waals surface area contributed by atoms with Crippen molar-refractivity contribution in [3.05, 3.63) is 103 Å². The Morgan fingerprint density at radius 1 is 0.771 bits per heavy atom. The molecule has 0 aliphatic rings. The lowest BCUT2D eigenvalue weighted by Crippen LogP contribution is -2.25. The highest BCUT2D eigenvalue weighted by Gasteiger charge is 2.24. The number of hydrogen-bond donors (Lipinski definition) is 0. The number of fused-ring (bicyclic) bond motifs is 1. The molecule has 4 aromatic carbocycles. The van der Waals surface area contributed by atoms with Gasteiger partial charge >= 0.3 is 0 Å². The van der Waals surface area contributed by atoms with Crippen LogP contribution in [0.1, 0.15) is 10.4 Å². The van der Waals surface area contributed by atoms with E-state index >= 15 is 0 Å². The summed E-state index contributed by atoms with van der Waals surface area (Å²) in [4.78, 5) is 20.2. The number of rotatable bonds is 7. The van der Waals surface area contributed by atoms with Gasteiger partial charge in [0.1, 0.15) is 11.5 Å². The van der Waals surface area contributed by atoms with Crippen molar-refractivity contribution in [2.45, 2.75) is 0 Å². The van der Waals surface area contributed by atoms with Crippen molar-refractivity contribution < 1.29 is 19.0 Å². The van der Waals surface area contributed by atoms with Crippen LogP contribution in [0, 0.1) is 0 Å². The predicted octanol–water partition coefficient (Wildman–Crippen LogP) is 7.08. The molecule has 5 aromatic rings. The van der Waals surface area contributed by atoms with Gasteiger partial charge < -0.3 is 14.2 Å². The molecule has 1 amide bonds. The molecule has 0 N–H and O–H groups in total. The molecule has 0 saturated carbocycles. The topological polar surface area (TPSA) is 60.9 Å². The van der Waals surface area contributed by atoms with Crippen LogP contribution in [0.15, 0.2) is 97.1 Å². The number of nitrogens with zero attached hydrogens (tertiary/aromatic N) is 2. The first-order valence-corrected chi connectivity index (χ1v) is 11.7. The summed E-state index contributed by atoms with van der Waals surface area (Å²) in [6.07, 6.45) is 0. The average molecular weight is 483 g/mol. The molecular weight excluding hydrogens is 460 g/mol. The highest BCUT2D eigenvalue weighted by molar-refractivity contribution is 7.22. The monoisotopic (exact) mass is 482 g/mol. The maximum absolute atomic E-state index is 13.8. The Bertz CT molecular complexity index is 1430. The fraction of sp³-hybridized carbons (Fsp3) is 0.0714. The van der Waals surface area contributed by atoms with Gasteiger partial charge in [-0.2, -0.15) is 0 Å². The van der Waals surface area contributed by atoms with Crippen molar-refractivity contribution in [2.75, 3.05) is 19.1 Å². The highest BCUT2D eigenvalue weighted by atomic mass is 32.1. The predicted molar refractivity (Wildman–Crippen MR) is 139 cm³/mol. The van der Waals surface area contributed by atoms with Crippen LogP contribution in [0.5, 0.6) is 23.0 Å². The Kier molecular flexibility index (Phi) is 6.32. The quantitative estimate of drug-likeness (QED) is 0.248. The largest absolute Gasteiger partial charge is 0.493 e. The van der Waals surface area contributed by atoms with E-state index in [2.05, 4.69) is 0 Å². The van der Waals surface area contributed by atoms with Crippen LogP contribution < -0.4 is 19.1 Å². The Hall–Kier alpha value is -4.36. The molecule has 0 aliphatic carbocycles.